The minimum atomic E-state index is -3.11. The molecule has 2 rings (SSSR count). The van der Waals surface area contributed by atoms with Crippen LogP contribution in [0, 0.1) is 5.92 Å². The van der Waals surface area contributed by atoms with Gasteiger partial charge in [-0.3, -0.25) is 4.79 Å². The third kappa shape index (κ3) is 3.35. The van der Waals surface area contributed by atoms with Crippen LogP contribution in [0.15, 0.2) is 18.2 Å². The minimum absolute atomic E-state index is 0.144. The van der Waals surface area contributed by atoms with E-state index in [9.17, 15) is 13.2 Å². The first-order valence-electron chi connectivity index (χ1n) is 6.48. The molecular weight excluding hydrogens is 319 g/mol. The van der Waals surface area contributed by atoms with E-state index in [-0.39, 0.29) is 11.7 Å². The summed E-state index contributed by atoms with van der Waals surface area (Å²) in [5, 5.41) is 0.208. The monoisotopic (exact) mass is 334 g/mol. The highest BCUT2D eigenvalue weighted by Gasteiger charge is 2.34. The molecule has 0 bridgehead atoms. The minimum Gasteiger partial charge on any atom is -0.294 e. The first kappa shape index (κ1) is 15.8. The number of sulfone groups is 1. The second kappa shape index (κ2) is 6.04. The zero-order valence-electron chi connectivity index (χ0n) is 11.1. The number of halogens is 2. The largest absolute Gasteiger partial charge is 0.294 e. The molecule has 1 aromatic rings. The van der Waals surface area contributed by atoms with Crippen molar-refractivity contribution in [2.24, 2.45) is 5.92 Å². The van der Waals surface area contributed by atoms with Crippen molar-refractivity contribution in [1.29, 1.82) is 0 Å². The van der Waals surface area contributed by atoms with E-state index in [4.69, 9.17) is 23.2 Å². The highest BCUT2D eigenvalue weighted by molar-refractivity contribution is 7.91. The number of rotatable bonds is 3. The van der Waals surface area contributed by atoms with Gasteiger partial charge >= 0.3 is 0 Å². The lowest BCUT2D eigenvalue weighted by Crippen LogP contribution is -2.31. The van der Waals surface area contributed by atoms with E-state index in [1.165, 1.54) is 6.26 Å². The molecule has 1 aliphatic rings. The van der Waals surface area contributed by atoms with Crippen LogP contribution < -0.4 is 0 Å². The van der Waals surface area contributed by atoms with Crippen LogP contribution in [0.4, 0.5) is 0 Å². The first-order valence-corrected chi connectivity index (χ1v) is 9.19. The van der Waals surface area contributed by atoms with Gasteiger partial charge in [0.25, 0.3) is 0 Å². The van der Waals surface area contributed by atoms with Crippen LogP contribution in [0.5, 0.6) is 0 Å². The van der Waals surface area contributed by atoms with Gasteiger partial charge in [0.15, 0.2) is 5.78 Å². The first-order chi connectivity index (χ1) is 9.30. The fourth-order valence-corrected chi connectivity index (χ4v) is 4.47. The Bertz CT molecular complexity index is 605. The van der Waals surface area contributed by atoms with Crippen molar-refractivity contribution in [3.8, 4) is 0 Å². The van der Waals surface area contributed by atoms with Crippen molar-refractivity contribution >= 4 is 38.8 Å². The lowest BCUT2D eigenvalue weighted by Gasteiger charge is -2.27. The Morgan fingerprint density at radius 2 is 1.80 bits per heavy atom. The number of hydrogen-bond acceptors (Lipinski definition) is 3. The van der Waals surface area contributed by atoms with Crippen molar-refractivity contribution in [3.63, 3.8) is 0 Å². The number of carbonyl (C=O) groups is 1. The van der Waals surface area contributed by atoms with Gasteiger partial charge in [-0.1, -0.05) is 35.7 Å². The van der Waals surface area contributed by atoms with E-state index in [1.807, 2.05) is 0 Å². The number of carbonyl (C=O) groups excluding carboxylic acids is 1. The van der Waals surface area contributed by atoms with Gasteiger partial charge in [0.05, 0.1) is 20.9 Å². The molecule has 0 aromatic heterocycles. The zero-order chi connectivity index (χ0) is 14.9. The van der Waals surface area contributed by atoms with E-state index < -0.39 is 15.1 Å². The molecule has 3 nitrogen and oxygen atoms in total. The Labute approximate surface area is 129 Å². The van der Waals surface area contributed by atoms with Crippen LogP contribution in [0.1, 0.15) is 36.0 Å². The molecule has 2 unspecified atom stereocenters. The van der Waals surface area contributed by atoms with Gasteiger partial charge in [-0.15, -0.1) is 0 Å². The normalized spacial score (nSPS) is 23.6. The molecule has 1 saturated carbocycles. The number of hydrogen-bond donors (Lipinski definition) is 0. The predicted octanol–water partition coefficient (Wildman–Crippen LogP) is 3.78. The standard InChI is InChI=1S/C14H16Cl2O3S/c1-20(18,19)10-5-2-4-9(8-10)14(17)13-11(15)6-3-7-12(13)16/h3,6-7,9-10H,2,4-5,8H2,1H3. The van der Waals surface area contributed by atoms with Crippen LogP contribution in [0.25, 0.3) is 0 Å². The highest BCUT2D eigenvalue weighted by Crippen LogP contribution is 2.34. The summed E-state index contributed by atoms with van der Waals surface area (Å²) in [5.41, 5.74) is 0.315. The molecule has 2 atom stereocenters. The molecule has 0 aliphatic heterocycles. The Kier molecular flexibility index (Phi) is 4.77. The zero-order valence-corrected chi connectivity index (χ0v) is 13.4. The lowest BCUT2D eigenvalue weighted by molar-refractivity contribution is 0.0891. The quantitative estimate of drug-likeness (QED) is 0.790. The van der Waals surface area contributed by atoms with Gasteiger partial charge < -0.3 is 0 Å². The van der Waals surface area contributed by atoms with E-state index >= 15 is 0 Å². The smallest absolute Gasteiger partial charge is 0.168 e. The second-order valence-electron chi connectivity index (χ2n) is 5.28. The predicted molar refractivity (Wildman–Crippen MR) is 81.4 cm³/mol. The van der Waals surface area contributed by atoms with Gasteiger partial charge in [-0.05, 0) is 31.4 Å². The summed E-state index contributed by atoms with van der Waals surface area (Å²) in [7, 11) is -3.11. The molecule has 1 aliphatic carbocycles. The van der Waals surface area contributed by atoms with Crippen molar-refractivity contribution in [2.75, 3.05) is 6.26 Å². The van der Waals surface area contributed by atoms with Crippen molar-refractivity contribution in [1.82, 2.24) is 0 Å². The lowest BCUT2D eigenvalue weighted by atomic mass is 9.83. The molecule has 0 N–H and O–H groups in total. The molecule has 0 heterocycles. The highest BCUT2D eigenvalue weighted by atomic mass is 35.5. The van der Waals surface area contributed by atoms with Crippen molar-refractivity contribution in [3.05, 3.63) is 33.8 Å². The summed E-state index contributed by atoms with van der Waals surface area (Å²) >= 11 is 12.1. The van der Waals surface area contributed by atoms with Crippen molar-refractivity contribution < 1.29 is 13.2 Å². The summed E-state index contributed by atoms with van der Waals surface area (Å²) in [6, 6.07) is 4.93. The molecule has 20 heavy (non-hydrogen) atoms. The maximum Gasteiger partial charge on any atom is 0.168 e. The Morgan fingerprint density at radius 3 is 2.35 bits per heavy atom. The summed E-state index contributed by atoms with van der Waals surface area (Å²) in [4.78, 5) is 12.6. The van der Waals surface area contributed by atoms with Crippen LogP contribution in [0.3, 0.4) is 0 Å². The fourth-order valence-electron chi connectivity index (χ4n) is 2.71. The molecule has 0 spiro atoms. The third-order valence-electron chi connectivity index (χ3n) is 3.81. The maximum atomic E-state index is 12.6. The molecule has 0 radical (unpaired) electrons. The number of ketones is 1. The Hall–Kier alpha value is -0.580. The third-order valence-corrected chi connectivity index (χ3v) is 6.08. The molecule has 0 saturated heterocycles. The summed E-state index contributed by atoms with van der Waals surface area (Å²) in [6.45, 7) is 0. The Morgan fingerprint density at radius 1 is 1.20 bits per heavy atom. The van der Waals surface area contributed by atoms with E-state index in [2.05, 4.69) is 0 Å². The van der Waals surface area contributed by atoms with Gasteiger partial charge in [-0.2, -0.15) is 0 Å². The van der Waals surface area contributed by atoms with Crippen LogP contribution in [0.2, 0.25) is 10.0 Å². The van der Waals surface area contributed by atoms with Gasteiger partial charge in [0, 0.05) is 12.2 Å². The van der Waals surface area contributed by atoms with Crippen molar-refractivity contribution in [2.45, 2.75) is 30.9 Å². The van der Waals surface area contributed by atoms with E-state index in [0.717, 1.165) is 6.42 Å². The SMILES string of the molecule is CS(=O)(=O)C1CCCC(C(=O)c2c(Cl)cccc2Cl)C1. The van der Waals surface area contributed by atoms with E-state index in [0.29, 0.717) is 34.9 Å². The topological polar surface area (TPSA) is 51.2 Å². The van der Waals surface area contributed by atoms with Crippen LogP contribution in [-0.4, -0.2) is 25.7 Å². The molecular formula is C14H16Cl2O3S. The van der Waals surface area contributed by atoms with Crippen LogP contribution in [-0.2, 0) is 9.84 Å². The molecule has 1 fully saturated rings. The summed E-state index contributed by atoms with van der Waals surface area (Å²) in [5.74, 6) is -0.463. The average molecular weight is 335 g/mol. The average Bonchev–Trinajstić information content (AvgIpc) is 2.37. The number of benzene rings is 1. The molecule has 1 aromatic carbocycles. The van der Waals surface area contributed by atoms with Gasteiger partial charge in [0.2, 0.25) is 0 Å². The molecule has 110 valence electrons. The Balaban J connectivity index is 2.26. The molecule has 0 amide bonds. The number of Topliss-reactive ketones (excluding diaryl/α,β-unsaturated/α-hetero) is 1. The molecule has 6 heteroatoms. The van der Waals surface area contributed by atoms with E-state index in [1.54, 1.807) is 18.2 Å². The fraction of sp³-hybridized carbons (Fsp3) is 0.500. The summed E-state index contributed by atoms with van der Waals surface area (Å²) < 4.78 is 23.3. The summed E-state index contributed by atoms with van der Waals surface area (Å²) in [6.07, 6.45) is 3.63. The van der Waals surface area contributed by atoms with Gasteiger partial charge in [-0.25, -0.2) is 8.42 Å². The maximum absolute atomic E-state index is 12.6. The second-order valence-corrected chi connectivity index (χ2v) is 8.42. The van der Waals surface area contributed by atoms with Gasteiger partial charge in [0.1, 0.15) is 9.84 Å². The van der Waals surface area contributed by atoms with Crippen LogP contribution >= 0.6 is 23.2 Å².